The van der Waals surface area contributed by atoms with Crippen molar-refractivity contribution in [2.45, 2.75) is 33.1 Å². The first-order valence-corrected chi connectivity index (χ1v) is 8.40. The van der Waals surface area contributed by atoms with E-state index in [0.29, 0.717) is 12.1 Å². The van der Waals surface area contributed by atoms with Crippen LogP contribution in [-0.4, -0.2) is 22.0 Å². The molecule has 2 aromatic rings. The lowest BCUT2D eigenvalue weighted by Gasteiger charge is -2.08. The number of carboxylic acids is 1. The molecule has 0 saturated carbocycles. The van der Waals surface area contributed by atoms with E-state index in [1.54, 1.807) is 30.4 Å². The molecule has 1 aromatic carbocycles. The molecule has 5 nitrogen and oxygen atoms in total. The van der Waals surface area contributed by atoms with Crippen molar-refractivity contribution in [1.29, 1.82) is 0 Å². The molecule has 2 rings (SSSR count). The molecule has 0 saturated heterocycles. The fraction of sp³-hybridized carbons (Fsp3) is 0.353. The van der Waals surface area contributed by atoms with Crippen molar-refractivity contribution < 1.29 is 14.7 Å². The molecule has 1 aromatic heterocycles. The summed E-state index contributed by atoms with van der Waals surface area (Å²) in [5.41, 5.74) is 2.42. The highest BCUT2D eigenvalue weighted by Crippen LogP contribution is 2.15. The quantitative estimate of drug-likeness (QED) is 0.816. The molecule has 122 valence electrons. The minimum atomic E-state index is -0.808. The lowest BCUT2D eigenvalue weighted by molar-refractivity contribution is -0.141. The van der Waals surface area contributed by atoms with Crippen molar-refractivity contribution in [2.75, 3.05) is 5.32 Å². The number of nitrogens with zero attached hydrogens (tertiary/aromatic N) is 1. The maximum atomic E-state index is 12.0. The molecule has 1 unspecified atom stereocenters. The first kappa shape index (κ1) is 17.1. The van der Waals surface area contributed by atoms with Gasteiger partial charge < -0.3 is 10.4 Å². The number of carboxylic acid groups (broad SMARTS) is 1. The fourth-order valence-electron chi connectivity index (χ4n) is 2.13. The molecule has 2 N–H and O–H groups in total. The maximum Gasteiger partial charge on any atom is 0.306 e. The first-order chi connectivity index (χ1) is 11.0. The Balaban J connectivity index is 1.89. The van der Waals surface area contributed by atoms with E-state index < -0.39 is 11.9 Å². The standard InChI is InChI=1S/C17H20N2O3S/c1-3-16-19-14(10-23-16)9-15(20)18-13-6-4-12(5-7-13)8-11(2)17(21)22/h4-7,10-11H,3,8-9H2,1-2H3,(H,18,20)(H,21,22). The minimum absolute atomic E-state index is 0.107. The van der Waals surface area contributed by atoms with Crippen LogP contribution in [0.5, 0.6) is 0 Å². The van der Waals surface area contributed by atoms with Gasteiger partial charge in [0.2, 0.25) is 5.91 Å². The SMILES string of the molecule is CCc1nc(CC(=O)Nc2ccc(CC(C)C(=O)O)cc2)cs1. The summed E-state index contributed by atoms with van der Waals surface area (Å²) in [5, 5.41) is 14.7. The zero-order valence-corrected chi connectivity index (χ0v) is 14.0. The van der Waals surface area contributed by atoms with E-state index in [2.05, 4.69) is 10.3 Å². The van der Waals surface area contributed by atoms with Crippen LogP contribution in [-0.2, 0) is 28.9 Å². The van der Waals surface area contributed by atoms with Crippen molar-refractivity contribution in [3.8, 4) is 0 Å². The van der Waals surface area contributed by atoms with E-state index >= 15 is 0 Å². The summed E-state index contributed by atoms with van der Waals surface area (Å²) in [6.07, 6.45) is 1.61. The summed E-state index contributed by atoms with van der Waals surface area (Å²) in [7, 11) is 0. The van der Waals surface area contributed by atoms with Gasteiger partial charge in [-0.2, -0.15) is 0 Å². The van der Waals surface area contributed by atoms with E-state index in [0.717, 1.165) is 22.7 Å². The summed E-state index contributed by atoms with van der Waals surface area (Å²) < 4.78 is 0. The van der Waals surface area contributed by atoms with Crippen LogP contribution in [0.2, 0.25) is 0 Å². The molecular weight excluding hydrogens is 312 g/mol. The highest BCUT2D eigenvalue weighted by atomic mass is 32.1. The molecule has 0 radical (unpaired) electrons. The first-order valence-electron chi connectivity index (χ1n) is 7.52. The Morgan fingerprint density at radius 3 is 2.57 bits per heavy atom. The average Bonchev–Trinajstić information content (AvgIpc) is 2.96. The van der Waals surface area contributed by atoms with E-state index in [4.69, 9.17) is 5.11 Å². The number of thiazole rings is 1. The van der Waals surface area contributed by atoms with Crippen LogP contribution < -0.4 is 5.32 Å². The smallest absolute Gasteiger partial charge is 0.306 e. The Labute approximate surface area is 139 Å². The van der Waals surface area contributed by atoms with Gasteiger partial charge in [0.1, 0.15) is 0 Å². The van der Waals surface area contributed by atoms with Gasteiger partial charge in [-0.15, -0.1) is 11.3 Å². The van der Waals surface area contributed by atoms with Crippen molar-refractivity contribution >= 4 is 28.9 Å². The Morgan fingerprint density at radius 2 is 2.00 bits per heavy atom. The molecule has 0 fully saturated rings. The van der Waals surface area contributed by atoms with Crippen LogP contribution in [0.4, 0.5) is 5.69 Å². The number of rotatable bonds is 7. The molecule has 1 amide bonds. The maximum absolute atomic E-state index is 12.0. The lowest BCUT2D eigenvalue weighted by Crippen LogP contribution is -2.15. The minimum Gasteiger partial charge on any atom is -0.481 e. The number of benzene rings is 1. The molecule has 6 heteroatoms. The van der Waals surface area contributed by atoms with Crippen LogP contribution in [0.1, 0.15) is 30.1 Å². The second kappa shape index (κ2) is 7.87. The second-order valence-corrected chi connectivity index (χ2v) is 6.39. The number of aliphatic carboxylic acids is 1. The summed E-state index contributed by atoms with van der Waals surface area (Å²) >= 11 is 1.57. The zero-order valence-electron chi connectivity index (χ0n) is 13.2. The van der Waals surface area contributed by atoms with Gasteiger partial charge in [0, 0.05) is 11.1 Å². The Bertz CT molecular complexity index is 679. The van der Waals surface area contributed by atoms with Crippen LogP contribution in [0, 0.1) is 5.92 Å². The highest BCUT2D eigenvalue weighted by Gasteiger charge is 2.12. The fourth-order valence-corrected chi connectivity index (χ4v) is 2.87. The number of hydrogen-bond acceptors (Lipinski definition) is 4. The topological polar surface area (TPSA) is 79.3 Å². The largest absolute Gasteiger partial charge is 0.481 e. The average molecular weight is 332 g/mol. The van der Waals surface area contributed by atoms with Crippen LogP contribution >= 0.6 is 11.3 Å². The second-order valence-electron chi connectivity index (χ2n) is 5.45. The van der Waals surface area contributed by atoms with Gasteiger partial charge in [-0.1, -0.05) is 26.0 Å². The van der Waals surface area contributed by atoms with E-state index in [1.165, 1.54) is 0 Å². The molecule has 23 heavy (non-hydrogen) atoms. The third-order valence-corrected chi connectivity index (χ3v) is 4.49. The summed E-state index contributed by atoms with van der Waals surface area (Å²) in [4.78, 5) is 27.2. The van der Waals surface area contributed by atoms with Gasteiger partial charge in [0.05, 0.1) is 23.0 Å². The number of hydrogen-bond donors (Lipinski definition) is 2. The number of amides is 1. The molecule has 0 spiro atoms. The van der Waals surface area contributed by atoms with Gasteiger partial charge in [0.25, 0.3) is 0 Å². The number of anilines is 1. The van der Waals surface area contributed by atoms with Crippen molar-refractivity contribution in [1.82, 2.24) is 4.98 Å². The number of aromatic nitrogens is 1. The predicted molar refractivity (Wildman–Crippen MR) is 90.8 cm³/mol. The van der Waals surface area contributed by atoms with Crippen LogP contribution in [0.15, 0.2) is 29.6 Å². The number of aryl methyl sites for hydroxylation is 1. The zero-order chi connectivity index (χ0) is 16.8. The third-order valence-electron chi connectivity index (χ3n) is 3.44. The number of carbonyl (C=O) groups is 2. The van der Waals surface area contributed by atoms with Gasteiger partial charge in [-0.25, -0.2) is 4.98 Å². The summed E-state index contributed by atoms with van der Waals surface area (Å²) in [5.74, 6) is -1.34. The van der Waals surface area contributed by atoms with Crippen molar-refractivity contribution in [2.24, 2.45) is 5.92 Å². The van der Waals surface area contributed by atoms with Gasteiger partial charge in [-0.05, 0) is 30.5 Å². The Kier molecular flexibility index (Phi) is 5.87. The summed E-state index contributed by atoms with van der Waals surface area (Å²) in [6, 6.07) is 7.26. The summed E-state index contributed by atoms with van der Waals surface area (Å²) in [6.45, 7) is 3.71. The van der Waals surface area contributed by atoms with Gasteiger partial charge in [-0.3, -0.25) is 9.59 Å². The molecule has 0 aliphatic carbocycles. The molecule has 1 atom stereocenters. The third kappa shape index (κ3) is 5.17. The molecular formula is C17H20N2O3S. The van der Waals surface area contributed by atoms with Crippen molar-refractivity contribution in [3.63, 3.8) is 0 Å². The van der Waals surface area contributed by atoms with Gasteiger partial charge in [0.15, 0.2) is 0 Å². The van der Waals surface area contributed by atoms with Crippen LogP contribution in [0.3, 0.4) is 0 Å². The van der Waals surface area contributed by atoms with E-state index in [-0.39, 0.29) is 12.3 Å². The normalized spacial score (nSPS) is 11.9. The van der Waals surface area contributed by atoms with Gasteiger partial charge >= 0.3 is 5.97 Å². The Morgan fingerprint density at radius 1 is 1.30 bits per heavy atom. The van der Waals surface area contributed by atoms with Crippen LogP contribution in [0.25, 0.3) is 0 Å². The monoisotopic (exact) mass is 332 g/mol. The van der Waals surface area contributed by atoms with E-state index in [1.807, 2.05) is 24.4 Å². The predicted octanol–water partition coefficient (Wildman–Crippen LogP) is 3.15. The number of nitrogens with one attached hydrogen (secondary N) is 1. The van der Waals surface area contributed by atoms with Crippen molar-refractivity contribution in [3.05, 3.63) is 45.9 Å². The molecule has 0 aliphatic rings. The lowest BCUT2D eigenvalue weighted by atomic mass is 10.0. The highest BCUT2D eigenvalue weighted by molar-refractivity contribution is 7.09. The number of carbonyl (C=O) groups excluding carboxylic acids is 1. The molecule has 0 aliphatic heterocycles. The molecule has 1 heterocycles. The Hall–Kier alpha value is -2.21. The van der Waals surface area contributed by atoms with E-state index in [9.17, 15) is 9.59 Å². The molecule has 0 bridgehead atoms.